The molecule has 0 aliphatic rings. The quantitative estimate of drug-likeness (QED) is 0.416. The Morgan fingerprint density at radius 1 is 1.12 bits per heavy atom. The molecule has 0 radical (unpaired) electrons. The predicted molar refractivity (Wildman–Crippen MR) is 101 cm³/mol. The summed E-state index contributed by atoms with van der Waals surface area (Å²) in [6, 6.07) is 13.1. The first-order valence-electron chi connectivity index (χ1n) is 7.98. The van der Waals surface area contributed by atoms with Crippen LogP contribution in [0.3, 0.4) is 0 Å². The van der Waals surface area contributed by atoms with Gasteiger partial charge in [-0.3, -0.25) is 25.7 Å². The Labute approximate surface area is 150 Å². The van der Waals surface area contributed by atoms with Crippen LogP contribution in [-0.4, -0.2) is 16.1 Å². The van der Waals surface area contributed by atoms with Crippen LogP contribution in [0.25, 0.3) is 6.08 Å². The average Bonchev–Trinajstić information content (AvgIpc) is 2.62. The minimum atomic E-state index is -0.683. The summed E-state index contributed by atoms with van der Waals surface area (Å²) < 4.78 is 0. The molecule has 0 heterocycles. The van der Waals surface area contributed by atoms with Gasteiger partial charge in [0.1, 0.15) is 5.69 Å². The van der Waals surface area contributed by atoms with Gasteiger partial charge in [-0.1, -0.05) is 49.8 Å². The number of non-ortho nitro benzene ring substituents is 1. The van der Waals surface area contributed by atoms with Crippen LogP contribution in [0.5, 0.6) is 0 Å². The molecule has 2 aromatic carbocycles. The van der Waals surface area contributed by atoms with E-state index in [2.05, 4.69) is 10.5 Å². The summed E-state index contributed by atoms with van der Waals surface area (Å²) in [7, 11) is 0. The summed E-state index contributed by atoms with van der Waals surface area (Å²) in [5.41, 5.74) is 3.93. The lowest BCUT2D eigenvalue weighted by atomic mass is 10.1. The van der Waals surface area contributed by atoms with Gasteiger partial charge in [0.25, 0.3) is 5.69 Å². The van der Waals surface area contributed by atoms with Crippen molar-refractivity contribution in [2.75, 3.05) is 5.43 Å². The summed E-state index contributed by atoms with van der Waals surface area (Å²) >= 11 is 0. The van der Waals surface area contributed by atoms with E-state index >= 15 is 0 Å². The van der Waals surface area contributed by atoms with Gasteiger partial charge >= 0.3 is 5.69 Å². The SMILES string of the molecule is CCCC(=C/c1ccccc1)/C=N/Nc1ccc([N+](=O)[O-])cc1[N+](=O)[O-]. The van der Waals surface area contributed by atoms with Crippen LogP contribution in [0.2, 0.25) is 0 Å². The van der Waals surface area contributed by atoms with Gasteiger partial charge in [0.2, 0.25) is 0 Å². The summed E-state index contributed by atoms with van der Waals surface area (Å²) in [5.74, 6) is 0. The maximum absolute atomic E-state index is 11.1. The Morgan fingerprint density at radius 3 is 2.46 bits per heavy atom. The van der Waals surface area contributed by atoms with Crippen molar-refractivity contribution in [3.8, 4) is 0 Å². The molecule has 0 unspecified atom stereocenters. The van der Waals surface area contributed by atoms with Crippen LogP contribution in [-0.2, 0) is 0 Å². The first kappa shape index (κ1) is 18.8. The largest absolute Gasteiger partial charge is 0.301 e. The van der Waals surface area contributed by atoms with E-state index in [1.165, 1.54) is 12.1 Å². The van der Waals surface area contributed by atoms with Crippen molar-refractivity contribution < 1.29 is 9.85 Å². The van der Waals surface area contributed by atoms with E-state index in [0.717, 1.165) is 30.0 Å². The lowest BCUT2D eigenvalue weighted by Gasteiger charge is -2.03. The fourth-order valence-corrected chi connectivity index (χ4v) is 2.29. The molecule has 8 nitrogen and oxygen atoms in total. The molecule has 1 N–H and O–H groups in total. The number of nitrogens with zero attached hydrogens (tertiary/aromatic N) is 3. The van der Waals surface area contributed by atoms with E-state index in [9.17, 15) is 20.2 Å². The van der Waals surface area contributed by atoms with Gasteiger partial charge in [-0.05, 0) is 23.6 Å². The van der Waals surface area contributed by atoms with Crippen LogP contribution in [0.1, 0.15) is 25.3 Å². The van der Waals surface area contributed by atoms with Crippen molar-refractivity contribution in [1.82, 2.24) is 0 Å². The van der Waals surface area contributed by atoms with E-state index in [0.29, 0.717) is 0 Å². The number of rotatable bonds is 8. The van der Waals surface area contributed by atoms with E-state index < -0.39 is 15.5 Å². The number of nitrogens with one attached hydrogen (secondary N) is 1. The second-order valence-electron chi connectivity index (χ2n) is 5.47. The Kier molecular flexibility index (Phi) is 6.55. The molecule has 0 aliphatic heterocycles. The number of anilines is 1. The number of nitro benzene ring substituents is 2. The number of hydrogen-bond acceptors (Lipinski definition) is 6. The molecule has 134 valence electrons. The van der Waals surface area contributed by atoms with Gasteiger partial charge < -0.3 is 0 Å². The van der Waals surface area contributed by atoms with Crippen molar-refractivity contribution in [2.24, 2.45) is 5.10 Å². The topological polar surface area (TPSA) is 111 Å². The van der Waals surface area contributed by atoms with Crippen LogP contribution in [0.15, 0.2) is 59.2 Å². The smallest absolute Gasteiger partial charge is 0.272 e. The summed E-state index contributed by atoms with van der Waals surface area (Å²) in [6.45, 7) is 2.04. The molecule has 0 aliphatic carbocycles. The first-order valence-corrected chi connectivity index (χ1v) is 7.98. The predicted octanol–water partition coefficient (Wildman–Crippen LogP) is 4.78. The first-order chi connectivity index (χ1) is 12.5. The van der Waals surface area contributed by atoms with E-state index in [-0.39, 0.29) is 11.4 Å². The molecule has 8 heteroatoms. The number of allylic oxidation sites excluding steroid dienone is 1. The third-order valence-corrected chi connectivity index (χ3v) is 3.49. The molecule has 26 heavy (non-hydrogen) atoms. The van der Waals surface area contributed by atoms with E-state index in [4.69, 9.17) is 0 Å². The summed E-state index contributed by atoms with van der Waals surface area (Å²) in [4.78, 5) is 20.5. The molecule has 2 rings (SSSR count). The van der Waals surface area contributed by atoms with Crippen molar-refractivity contribution in [3.05, 3.63) is 79.9 Å². The maximum Gasteiger partial charge on any atom is 0.301 e. The second kappa shape index (κ2) is 9.07. The minimum absolute atomic E-state index is 0.0902. The number of benzene rings is 2. The standard InChI is InChI=1S/C18H18N4O4/c1-2-6-15(11-14-7-4-3-5-8-14)13-19-20-17-10-9-16(21(23)24)12-18(17)22(25)26/h3-5,7-13,20H,2,6H2,1H3/b15-11-,19-13+. The highest BCUT2D eigenvalue weighted by Gasteiger charge is 2.19. The highest BCUT2D eigenvalue weighted by Crippen LogP contribution is 2.28. The Bertz CT molecular complexity index is 848. The van der Waals surface area contributed by atoms with Gasteiger partial charge in [0, 0.05) is 6.07 Å². The average molecular weight is 354 g/mol. The van der Waals surface area contributed by atoms with Crippen molar-refractivity contribution in [2.45, 2.75) is 19.8 Å². The van der Waals surface area contributed by atoms with E-state index in [1.807, 2.05) is 43.3 Å². The highest BCUT2D eigenvalue weighted by molar-refractivity contribution is 5.86. The van der Waals surface area contributed by atoms with Crippen LogP contribution >= 0.6 is 0 Å². The molecule has 0 aromatic heterocycles. The molecule has 2 aromatic rings. The Balaban J connectivity index is 2.21. The zero-order valence-electron chi connectivity index (χ0n) is 14.2. The monoisotopic (exact) mass is 354 g/mol. The van der Waals surface area contributed by atoms with E-state index in [1.54, 1.807) is 6.21 Å². The lowest BCUT2D eigenvalue weighted by Crippen LogP contribution is -1.99. The molecular weight excluding hydrogens is 336 g/mol. The molecule has 0 saturated carbocycles. The fourth-order valence-electron chi connectivity index (χ4n) is 2.29. The molecule has 0 saturated heterocycles. The lowest BCUT2D eigenvalue weighted by molar-refractivity contribution is -0.393. The number of hydrogen-bond donors (Lipinski definition) is 1. The zero-order valence-corrected chi connectivity index (χ0v) is 14.2. The van der Waals surface area contributed by atoms with Crippen LogP contribution in [0.4, 0.5) is 17.1 Å². The maximum atomic E-state index is 11.1. The van der Waals surface area contributed by atoms with Gasteiger partial charge in [-0.15, -0.1) is 0 Å². The minimum Gasteiger partial charge on any atom is -0.272 e. The molecule has 0 atom stereocenters. The third kappa shape index (κ3) is 5.23. The van der Waals surface area contributed by atoms with Crippen molar-refractivity contribution in [3.63, 3.8) is 0 Å². The fraction of sp³-hybridized carbons (Fsp3) is 0.167. The van der Waals surface area contributed by atoms with Gasteiger partial charge in [0.05, 0.1) is 22.1 Å². The number of hydrazone groups is 1. The van der Waals surface area contributed by atoms with Crippen molar-refractivity contribution >= 4 is 29.4 Å². The second-order valence-corrected chi connectivity index (χ2v) is 5.47. The van der Waals surface area contributed by atoms with Crippen LogP contribution in [0, 0.1) is 20.2 Å². The Hall–Kier alpha value is -3.55. The number of nitro groups is 2. The van der Waals surface area contributed by atoms with Crippen LogP contribution < -0.4 is 5.43 Å². The van der Waals surface area contributed by atoms with Gasteiger partial charge in [-0.2, -0.15) is 5.10 Å². The normalized spacial score (nSPS) is 11.5. The third-order valence-electron chi connectivity index (χ3n) is 3.49. The molecule has 0 spiro atoms. The summed E-state index contributed by atoms with van der Waals surface area (Å²) in [6.07, 6.45) is 5.30. The van der Waals surface area contributed by atoms with Crippen molar-refractivity contribution in [1.29, 1.82) is 0 Å². The Morgan fingerprint density at radius 2 is 1.85 bits per heavy atom. The van der Waals surface area contributed by atoms with Gasteiger partial charge in [0.15, 0.2) is 0 Å². The summed E-state index contributed by atoms with van der Waals surface area (Å²) in [5, 5.41) is 25.9. The zero-order chi connectivity index (χ0) is 18.9. The highest BCUT2D eigenvalue weighted by atomic mass is 16.6. The molecule has 0 bridgehead atoms. The molecule has 0 amide bonds. The molecular formula is C18H18N4O4. The van der Waals surface area contributed by atoms with Gasteiger partial charge in [-0.25, -0.2) is 0 Å². The molecule has 0 fully saturated rings.